The number of nitro groups is 1. The molecule has 0 aromatic heterocycles. The van der Waals surface area contributed by atoms with Crippen molar-refractivity contribution in [3.05, 3.63) is 57.6 Å². The smallest absolute Gasteiger partial charge is 0.282 e. The zero-order valence-corrected chi connectivity index (χ0v) is 14.4. The molecule has 0 spiro atoms. The number of hydrazone groups is 1. The minimum Gasteiger partial charge on any atom is -0.497 e. The first-order chi connectivity index (χ1) is 12.5. The molecule has 2 aromatic carbocycles. The zero-order chi connectivity index (χ0) is 19.1. The van der Waals surface area contributed by atoms with Crippen molar-refractivity contribution in [1.82, 2.24) is 5.43 Å². The van der Waals surface area contributed by atoms with E-state index in [1.807, 2.05) is 0 Å². The highest BCUT2D eigenvalue weighted by Gasteiger charge is 2.18. The van der Waals surface area contributed by atoms with Gasteiger partial charge in [0.05, 0.1) is 44.1 Å². The summed E-state index contributed by atoms with van der Waals surface area (Å²) in [6.45, 7) is 0. The predicted molar refractivity (Wildman–Crippen MR) is 94.3 cm³/mol. The Bertz CT molecular complexity index is 833. The third kappa shape index (κ3) is 4.26. The molecule has 0 heterocycles. The summed E-state index contributed by atoms with van der Waals surface area (Å²) in [5.41, 5.74) is 2.60. The van der Waals surface area contributed by atoms with E-state index in [9.17, 15) is 14.9 Å². The molecule has 0 saturated carbocycles. The highest BCUT2D eigenvalue weighted by molar-refractivity contribution is 5.95. The van der Waals surface area contributed by atoms with Crippen molar-refractivity contribution in [2.24, 2.45) is 5.10 Å². The summed E-state index contributed by atoms with van der Waals surface area (Å²) in [4.78, 5) is 22.7. The fourth-order valence-corrected chi connectivity index (χ4v) is 2.11. The summed E-state index contributed by atoms with van der Waals surface area (Å²) in [6, 6.07) is 9.05. The largest absolute Gasteiger partial charge is 0.497 e. The predicted octanol–water partition coefficient (Wildman–Crippen LogP) is 2.38. The standard InChI is InChI=1S/C17H17N3O6/c1-24-13-6-4-11(5-7-13)17(21)19-18-10-12-8-15(25-2)16(26-3)9-14(12)20(22)23/h4-10H,1-3H3,(H,19,21)/b18-10-. The Kier molecular flexibility index (Phi) is 6.10. The number of nitro benzene ring substituents is 1. The molecule has 2 aromatic rings. The number of hydrogen-bond donors (Lipinski definition) is 1. The minimum absolute atomic E-state index is 0.155. The van der Waals surface area contributed by atoms with Crippen LogP contribution in [0.1, 0.15) is 15.9 Å². The lowest BCUT2D eigenvalue weighted by molar-refractivity contribution is -0.385. The molecule has 0 fully saturated rings. The highest BCUT2D eigenvalue weighted by Crippen LogP contribution is 2.33. The second-order valence-electron chi connectivity index (χ2n) is 4.95. The molecule has 9 heteroatoms. The van der Waals surface area contributed by atoms with Gasteiger partial charge in [-0.15, -0.1) is 0 Å². The van der Waals surface area contributed by atoms with Gasteiger partial charge >= 0.3 is 0 Å². The lowest BCUT2D eigenvalue weighted by Crippen LogP contribution is -2.17. The van der Waals surface area contributed by atoms with E-state index in [1.165, 1.54) is 39.7 Å². The second kappa shape index (κ2) is 8.47. The van der Waals surface area contributed by atoms with Crippen LogP contribution in [-0.2, 0) is 0 Å². The van der Waals surface area contributed by atoms with Gasteiger partial charge in [0, 0.05) is 5.56 Å². The number of carbonyl (C=O) groups excluding carboxylic acids is 1. The van der Waals surface area contributed by atoms with E-state index < -0.39 is 10.8 Å². The van der Waals surface area contributed by atoms with E-state index in [2.05, 4.69) is 10.5 Å². The van der Waals surface area contributed by atoms with Crippen LogP contribution in [0.15, 0.2) is 41.5 Å². The number of nitrogens with zero attached hydrogens (tertiary/aromatic N) is 2. The molecule has 2 rings (SSSR count). The number of hydrogen-bond acceptors (Lipinski definition) is 7. The normalized spacial score (nSPS) is 10.4. The van der Waals surface area contributed by atoms with Crippen LogP contribution in [0.25, 0.3) is 0 Å². The highest BCUT2D eigenvalue weighted by atomic mass is 16.6. The van der Waals surface area contributed by atoms with Gasteiger partial charge in [0.25, 0.3) is 11.6 Å². The van der Waals surface area contributed by atoms with Gasteiger partial charge in [-0.1, -0.05) is 0 Å². The first-order valence-corrected chi connectivity index (χ1v) is 7.38. The molecule has 0 radical (unpaired) electrons. The Labute approximate surface area is 149 Å². The van der Waals surface area contributed by atoms with Crippen LogP contribution in [0, 0.1) is 10.1 Å². The van der Waals surface area contributed by atoms with Crippen molar-refractivity contribution in [2.75, 3.05) is 21.3 Å². The first kappa shape index (κ1) is 18.7. The maximum Gasteiger partial charge on any atom is 0.282 e. The lowest BCUT2D eigenvalue weighted by Gasteiger charge is -2.08. The minimum atomic E-state index is -0.575. The maximum atomic E-state index is 12.0. The Morgan fingerprint density at radius 1 is 1.08 bits per heavy atom. The average Bonchev–Trinajstić information content (AvgIpc) is 2.67. The van der Waals surface area contributed by atoms with Gasteiger partial charge in [-0.05, 0) is 30.3 Å². The summed E-state index contributed by atoms with van der Waals surface area (Å²) < 4.78 is 15.2. The fourth-order valence-electron chi connectivity index (χ4n) is 2.11. The molecule has 0 bridgehead atoms. The summed E-state index contributed by atoms with van der Waals surface area (Å²) in [5.74, 6) is 0.678. The van der Waals surface area contributed by atoms with Gasteiger partial charge in [-0.25, -0.2) is 5.43 Å². The van der Waals surface area contributed by atoms with Crippen LogP contribution in [-0.4, -0.2) is 38.4 Å². The number of amides is 1. The van der Waals surface area contributed by atoms with Crippen molar-refractivity contribution in [2.45, 2.75) is 0 Å². The lowest BCUT2D eigenvalue weighted by atomic mass is 10.1. The molecule has 0 atom stereocenters. The third-order valence-electron chi connectivity index (χ3n) is 3.45. The summed E-state index contributed by atoms with van der Waals surface area (Å²) in [7, 11) is 4.32. The van der Waals surface area contributed by atoms with Gasteiger partial charge in [-0.2, -0.15) is 5.10 Å². The fraction of sp³-hybridized carbons (Fsp3) is 0.176. The molecule has 0 aliphatic rings. The van der Waals surface area contributed by atoms with E-state index in [1.54, 1.807) is 24.3 Å². The van der Waals surface area contributed by atoms with Gasteiger partial charge in [0.1, 0.15) is 5.75 Å². The molecule has 0 saturated heterocycles. The van der Waals surface area contributed by atoms with E-state index in [0.717, 1.165) is 0 Å². The molecule has 1 amide bonds. The Hall–Kier alpha value is -3.62. The average molecular weight is 359 g/mol. The number of rotatable bonds is 7. The second-order valence-corrected chi connectivity index (χ2v) is 4.95. The van der Waals surface area contributed by atoms with Gasteiger partial charge in [0.2, 0.25) is 0 Å². The topological polar surface area (TPSA) is 112 Å². The monoisotopic (exact) mass is 359 g/mol. The number of carbonyl (C=O) groups is 1. The number of nitrogens with one attached hydrogen (secondary N) is 1. The van der Waals surface area contributed by atoms with Crippen molar-refractivity contribution in [3.8, 4) is 17.2 Å². The van der Waals surface area contributed by atoms with Crippen LogP contribution in [0.5, 0.6) is 17.2 Å². The Balaban J connectivity index is 2.20. The summed E-state index contributed by atoms with van der Waals surface area (Å²) >= 11 is 0. The number of methoxy groups -OCH3 is 3. The summed E-state index contributed by atoms with van der Waals surface area (Å²) in [6.07, 6.45) is 1.17. The molecule has 9 nitrogen and oxygen atoms in total. The van der Waals surface area contributed by atoms with E-state index in [0.29, 0.717) is 17.1 Å². The molecule has 136 valence electrons. The third-order valence-corrected chi connectivity index (χ3v) is 3.45. The van der Waals surface area contributed by atoms with E-state index in [4.69, 9.17) is 14.2 Å². The van der Waals surface area contributed by atoms with Crippen molar-refractivity contribution < 1.29 is 23.9 Å². The molecule has 0 unspecified atom stereocenters. The van der Waals surface area contributed by atoms with Crippen LogP contribution < -0.4 is 19.6 Å². The van der Waals surface area contributed by atoms with Crippen molar-refractivity contribution >= 4 is 17.8 Å². The zero-order valence-electron chi connectivity index (χ0n) is 14.4. The first-order valence-electron chi connectivity index (χ1n) is 7.38. The van der Waals surface area contributed by atoms with Gasteiger partial charge < -0.3 is 14.2 Å². The SMILES string of the molecule is COc1ccc(C(=O)N/N=C\c2cc(OC)c(OC)cc2[N+](=O)[O-])cc1. The van der Waals surface area contributed by atoms with Crippen LogP contribution in [0.2, 0.25) is 0 Å². The number of ether oxygens (including phenoxy) is 3. The quantitative estimate of drug-likeness (QED) is 0.461. The molecule has 26 heavy (non-hydrogen) atoms. The van der Waals surface area contributed by atoms with Crippen LogP contribution in [0.3, 0.4) is 0 Å². The maximum absolute atomic E-state index is 12.0. The van der Waals surface area contributed by atoms with Crippen LogP contribution >= 0.6 is 0 Å². The van der Waals surface area contributed by atoms with Gasteiger partial charge in [-0.3, -0.25) is 14.9 Å². The van der Waals surface area contributed by atoms with Crippen molar-refractivity contribution in [1.29, 1.82) is 0 Å². The molecular formula is C17H17N3O6. The van der Waals surface area contributed by atoms with Crippen molar-refractivity contribution in [3.63, 3.8) is 0 Å². The molecule has 0 aliphatic carbocycles. The molecule has 1 N–H and O–H groups in total. The van der Waals surface area contributed by atoms with E-state index in [-0.39, 0.29) is 17.0 Å². The van der Waals surface area contributed by atoms with Gasteiger partial charge in [0.15, 0.2) is 11.5 Å². The molecule has 0 aliphatic heterocycles. The summed E-state index contributed by atoms with van der Waals surface area (Å²) in [5, 5.41) is 15.0. The van der Waals surface area contributed by atoms with E-state index >= 15 is 0 Å². The van der Waals surface area contributed by atoms with Crippen LogP contribution in [0.4, 0.5) is 5.69 Å². The molecular weight excluding hydrogens is 342 g/mol. The Morgan fingerprint density at radius 3 is 2.23 bits per heavy atom. The Morgan fingerprint density at radius 2 is 1.69 bits per heavy atom. The number of benzene rings is 2.